The molecule has 0 aliphatic carbocycles. The van der Waals surface area contributed by atoms with Crippen LogP contribution in [0, 0.1) is 23.7 Å². The molecule has 27 heteroatoms. The summed E-state index contributed by atoms with van der Waals surface area (Å²) < 4.78 is 0. The zero-order valence-electron chi connectivity index (χ0n) is 59.1. The van der Waals surface area contributed by atoms with Crippen molar-refractivity contribution in [2.75, 3.05) is 124 Å². The molecule has 0 spiro atoms. The molecule has 15 N–H and O–H groups in total. The first kappa shape index (κ1) is 86.1. The fourth-order valence-electron chi connectivity index (χ4n) is 11.8. The highest BCUT2D eigenvalue weighted by Gasteiger charge is 2.36. The van der Waals surface area contributed by atoms with Crippen LogP contribution in [0.2, 0.25) is 0 Å². The van der Waals surface area contributed by atoms with Crippen molar-refractivity contribution in [3.8, 4) is 0 Å². The van der Waals surface area contributed by atoms with Crippen LogP contribution in [0.4, 0.5) is 0 Å². The first-order valence-corrected chi connectivity index (χ1v) is 36.7. The number of piperidine rings is 2. The molecule has 27 nitrogen and oxygen atoms in total. The number of ketones is 3. The Morgan fingerprint density at radius 3 is 1.25 bits per heavy atom. The van der Waals surface area contributed by atoms with E-state index in [-0.39, 0.29) is 51.5 Å². The van der Waals surface area contributed by atoms with Crippen molar-refractivity contribution in [2.24, 2.45) is 35.1 Å². The van der Waals surface area contributed by atoms with Crippen molar-refractivity contribution in [2.45, 2.75) is 220 Å². The summed E-state index contributed by atoms with van der Waals surface area (Å²) in [7, 11) is 0. The third-order valence-electron chi connectivity index (χ3n) is 17.5. The first-order chi connectivity index (χ1) is 46.4. The topological polar surface area (TPSA) is 396 Å². The number of nitrogens with zero attached hydrogens (tertiary/aromatic N) is 2. The zero-order chi connectivity index (χ0) is 70.6. The van der Waals surface area contributed by atoms with E-state index in [2.05, 4.69) is 68.3 Å². The first-order valence-electron chi connectivity index (χ1n) is 36.7. The van der Waals surface area contributed by atoms with Gasteiger partial charge in [-0.1, -0.05) is 85.5 Å². The summed E-state index contributed by atoms with van der Waals surface area (Å²) in [5.74, 6) is -12.0. The molecule has 2 fully saturated rings. The predicted molar refractivity (Wildman–Crippen MR) is 373 cm³/mol. The molecule has 0 aromatic heterocycles. The lowest BCUT2D eigenvalue weighted by molar-refractivity contribution is -0.138. The Morgan fingerprint density at radius 2 is 0.719 bits per heavy atom. The summed E-state index contributed by atoms with van der Waals surface area (Å²) >= 11 is 0. The lowest BCUT2D eigenvalue weighted by atomic mass is 9.84. The summed E-state index contributed by atoms with van der Waals surface area (Å²) in [4.78, 5) is 173. The largest absolute Gasteiger partial charge is 0.356 e. The van der Waals surface area contributed by atoms with Crippen LogP contribution in [-0.4, -0.2) is 217 Å². The molecule has 9 amide bonds. The van der Waals surface area contributed by atoms with Gasteiger partial charge in [-0.25, -0.2) is 0 Å². The summed E-state index contributed by atoms with van der Waals surface area (Å²) in [6, 6.07) is -3.32. The Hall–Kier alpha value is -6.00. The molecule has 0 aromatic rings. The second-order valence-electron chi connectivity index (χ2n) is 26.0. The number of unbranched alkanes of at least 4 members (excludes halogenated alkanes) is 7. The lowest BCUT2D eigenvalue weighted by Gasteiger charge is -2.26. The number of likely N-dealkylation sites (tertiary alicyclic amines) is 2. The van der Waals surface area contributed by atoms with Gasteiger partial charge in [0, 0.05) is 148 Å². The molecule has 2 aliphatic heterocycles. The smallest absolute Gasteiger partial charge is 0.243 e. The Labute approximate surface area is 573 Å². The second-order valence-corrected chi connectivity index (χ2v) is 26.0. The number of hydrogen-bond acceptors (Lipinski definition) is 18. The molecule has 6 unspecified atom stereocenters. The number of hydrogen-bond donors (Lipinski definition) is 13. The van der Waals surface area contributed by atoms with Gasteiger partial charge in [0.1, 0.15) is 29.4 Å². The van der Waals surface area contributed by atoms with Crippen LogP contribution >= 0.6 is 0 Å². The molecule has 2 aliphatic rings. The third kappa shape index (κ3) is 41.3. The molecule has 96 heavy (non-hydrogen) atoms. The van der Waals surface area contributed by atoms with Gasteiger partial charge in [-0.05, 0) is 103 Å². The Balaban J connectivity index is 2.55. The monoisotopic (exact) mass is 1360 g/mol. The van der Waals surface area contributed by atoms with E-state index in [0.29, 0.717) is 84.5 Å². The van der Waals surface area contributed by atoms with Crippen molar-refractivity contribution < 1.29 is 57.5 Å². The quantitative estimate of drug-likeness (QED) is 0.0385. The molecule has 550 valence electrons. The minimum absolute atomic E-state index is 0.0393. The minimum atomic E-state index is -1.71. The second kappa shape index (κ2) is 54.9. The summed E-state index contributed by atoms with van der Waals surface area (Å²) in [6.45, 7) is 17.7. The lowest BCUT2D eigenvalue weighted by Crippen LogP contribution is -2.56. The van der Waals surface area contributed by atoms with Crippen molar-refractivity contribution in [1.29, 1.82) is 0 Å². The maximum atomic E-state index is 14.8. The van der Waals surface area contributed by atoms with Gasteiger partial charge in [-0.3, -0.25) is 57.5 Å². The van der Waals surface area contributed by atoms with E-state index < -0.39 is 145 Å². The van der Waals surface area contributed by atoms with Crippen molar-refractivity contribution in [3.63, 3.8) is 0 Å². The fraction of sp³-hybridized carbons (Fsp3) is 0.826. The summed E-state index contributed by atoms with van der Waals surface area (Å²) in [5, 5.41) is 31.1. The molecule has 0 aromatic carbocycles. The van der Waals surface area contributed by atoms with E-state index >= 15 is 0 Å². The number of rotatable bonds is 58. The predicted octanol–water partition coefficient (Wildman–Crippen LogP) is 1.67. The van der Waals surface area contributed by atoms with Gasteiger partial charge in [-0.2, -0.15) is 0 Å². The van der Waals surface area contributed by atoms with Crippen LogP contribution in [0.5, 0.6) is 0 Å². The number of carbonyl (C=O) groups excluding carboxylic acids is 12. The molecular weight excluding hydrogens is 1230 g/mol. The molecule has 0 radical (unpaired) electrons. The molecule has 6 atom stereocenters. The summed E-state index contributed by atoms with van der Waals surface area (Å²) in [6.07, 6.45) is 12.2. The maximum absolute atomic E-state index is 14.8. The average molecular weight is 1360 g/mol. The SMILES string of the molecule is CCCCCCNC(=O)CC(NC(=O)CC(CC(=O)C(CC(=O)CC(CC)C(=O)NCCCN1CCCCC1)CC(=O)NCCCN1CCCCC1)C(=O)NCCCCCC)C(=O)NC(CC(=O)CC(CC(=O)NCCNCCN)C(=O)NCCCC)C(=O)NCCNCCN. The van der Waals surface area contributed by atoms with Crippen LogP contribution in [0.15, 0.2) is 0 Å². The van der Waals surface area contributed by atoms with Gasteiger partial charge in [0.05, 0.1) is 18.3 Å². The Kier molecular flexibility index (Phi) is 49.3. The van der Waals surface area contributed by atoms with E-state index in [1.165, 1.54) is 12.8 Å². The van der Waals surface area contributed by atoms with Gasteiger partial charge >= 0.3 is 0 Å². The average Bonchev–Trinajstić information content (AvgIpc) is 1.03. The van der Waals surface area contributed by atoms with E-state index in [9.17, 15) is 57.5 Å². The number of nitrogens with one attached hydrogen (secondary N) is 11. The molecule has 2 rings (SSSR count). The van der Waals surface area contributed by atoms with Gasteiger partial charge in [0.2, 0.25) is 53.2 Å². The molecule has 0 bridgehead atoms. The van der Waals surface area contributed by atoms with Gasteiger partial charge in [-0.15, -0.1) is 0 Å². The van der Waals surface area contributed by atoms with Gasteiger partial charge in [0.15, 0.2) is 0 Å². The molecule has 0 saturated carbocycles. The molecule has 2 saturated heterocycles. The van der Waals surface area contributed by atoms with Gasteiger partial charge in [0.25, 0.3) is 0 Å². The number of nitrogens with two attached hydrogens (primary N) is 2. The zero-order valence-corrected chi connectivity index (χ0v) is 59.1. The Morgan fingerprint density at radius 1 is 0.323 bits per heavy atom. The normalized spacial score (nSPS) is 15.3. The Bertz CT molecular complexity index is 2290. The molecule has 2 heterocycles. The number of amides is 9. The van der Waals surface area contributed by atoms with Gasteiger partial charge < -0.3 is 79.8 Å². The highest BCUT2D eigenvalue weighted by atomic mass is 16.2. The standard InChI is InChI=1S/C69H127N15O12/c1-5-9-12-16-27-74-63(90)51-59(69(96)82-58(68(95)80-36-34-73-32-25-71)50-57(86)45-54(66(93)77-26-11-7-3)48-62(89)76-35-33-72-31-24-70)81-64(91)49-55(67(94)78-28-17-13-10-6-2)46-60(87)53(47-61(88)75-29-22-41-83-37-18-14-19-38-83)44-56(85)43-52(8-4)65(92)79-30-23-42-84-39-20-15-21-40-84/h52-55,58-59,72-73H,5-51,70-71H2,1-4H3,(H,74,90)(H,75,88)(H,76,89)(H,77,93)(H,78,94)(H,79,92)(H,80,95)(H,81,91)(H,82,96). The van der Waals surface area contributed by atoms with E-state index in [0.717, 1.165) is 116 Å². The number of carbonyl (C=O) groups is 12. The van der Waals surface area contributed by atoms with E-state index in [1.54, 1.807) is 0 Å². The highest BCUT2D eigenvalue weighted by molar-refractivity contribution is 5.99. The minimum Gasteiger partial charge on any atom is -0.356 e. The van der Waals surface area contributed by atoms with Crippen molar-refractivity contribution >= 4 is 70.5 Å². The van der Waals surface area contributed by atoms with Crippen LogP contribution in [0.25, 0.3) is 0 Å². The van der Waals surface area contributed by atoms with E-state index in [1.807, 2.05) is 27.7 Å². The van der Waals surface area contributed by atoms with Crippen LogP contribution in [0.1, 0.15) is 207 Å². The van der Waals surface area contributed by atoms with Crippen molar-refractivity contribution in [3.05, 3.63) is 0 Å². The number of Topliss-reactive ketones (excluding diaryl/α,β-unsaturated/α-hetero) is 3. The van der Waals surface area contributed by atoms with Crippen LogP contribution in [-0.2, 0) is 57.5 Å². The van der Waals surface area contributed by atoms with Crippen molar-refractivity contribution in [1.82, 2.24) is 68.3 Å². The fourth-order valence-corrected chi connectivity index (χ4v) is 11.8. The molecular formula is C69H127N15O12. The van der Waals surface area contributed by atoms with Crippen LogP contribution in [0.3, 0.4) is 0 Å². The van der Waals surface area contributed by atoms with E-state index in [4.69, 9.17) is 11.5 Å². The highest BCUT2D eigenvalue weighted by Crippen LogP contribution is 2.23. The summed E-state index contributed by atoms with van der Waals surface area (Å²) in [5.41, 5.74) is 11.2. The third-order valence-corrected chi connectivity index (χ3v) is 17.5. The van der Waals surface area contributed by atoms with Crippen LogP contribution < -0.4 is 70.0 Å². The maximum Gasteiger partial charge on any atom is 0.243 e.